The van der Waals surface area contributed by atoms with Crippen molar-refractivity contribution in [1.82, 2.24) is 10.6 Å². The predicted molar refractivity (Wildman–Crippen MR) is 71.5 cm³/mol. The van der Waals surface area contributed by atoms with E-state index in [1.807, 2.05) is 20.8 Å². The van der Waals surface area contributed by atoms with E-state index in [0.717, 1.165) is 25.9 Å². The Morgan fingerprint density at radius 1 is 1.28 bits per heavy atom. The maximum absolute atomic E-state index is 11.7. The number of hydrogen-bond acceptors (Lipinski definition) is 3. The van der Waals surface area contributed by atoms with Gasteiger partial charge in [0, 0.05) is 12.6 Å². The molecule has 1 aliphatic carbocycles. The minimum atomic E-state index is -0.407. The molecule has 1 amide bonds. The van der Waals surface area contributed by atoms with Gasteiger partial charge in [-0.25, -0.2) is 4.79 Å². The van der Waals surface area contributed by atoms with E-state index in [0.29, 0.717) is 11.5 Å². The van der Waals surface area contributed by atoms with Gasteiger partial charge >= 0.3 is 6.09 Å². The minimum Gasteiger partial charge on any atom is -0.444 e. The van der Waals surface area contributed by atoms with Crippen LogP contribution in [0.4, 0.5) is 4.79 Å². The van der Waals surface area contributed by atoms with E-state index in [1.165, 1.54) is 19.3 Å². The Balaban J connectivity index is 1.75. The van der Waals surface area contributed by atoms with Crippen molar-refractivity contribution in [3.05, 3.63) is 0 Å². The van der Waals surface area contributed by atoms with E-state index in [-0.39, 0.29) is 6.09 Å². The third kappa shape index (κ3) is 3.61. The Labute approximate surface area is 110 Å². The first kappa shape index (κ1) is 13.7. The van der Waals surface area contributed by atoms with Crippen LogP contribution in [0.15, 0.2) is 0 Å². The quantitative estimate of drug-likeness (QED) is 0.755. The number of nitrogens with one attached hydrogen (secondary N) is 2. The van der Waals surface area contributed by atoms with Crippen molar-refractivity contribution in [1.29, 1.82) is 0 Å². The summed E-state index contributed by atoms with van der Waals surface area (Å²) in [7, 11) is 0. The summed E-state index contributed by atoms with van der Waals surface area (Å²) in [5.41, 5.74) is 0.113. The number of amides is 1. The summed E-state index contributed by atoms with van der Waals surface area (Å²) in [6.07, 6.45) is 5.64. The van der Waals surface area contributed by atoms with Crippen LogP contribution in [-0.2, 0) is 4.74 Å². The molecular weight excluding hydrogens is 228 g/mol. The third-order valence-corrected chi connectivity index (χ3v) is 4.10. The van der Waals surface area contributed by atoms with Crippen molar-refractivity contribution in [3.63, 3.8) is 0 Å². The van der Waals surface area contributed by atoms with Crippen LogP contribution in [-0.4, -0.2) is 30.8 Å². The van der Waals surface area contributed by atoms with Crippen LogP contribution in [0.1, 0.15) is 52.9 Å². The summed E-state index contributed by atoms with van der Waals surface area (Å²) in [5, 5.41) is 6.46. The van der Waals surface area contributed by atoms with Crippen LogP contribution in [0.5, 0.6) is 0 Å². The van der Waals surface area contributed by atoms with Gasteiger partial charge in [0.15, 0.2) is 0 Å². The van der Waals surface area contributed by atoms with E-state index < -0.39 is 5.60 Å². The molecule has 2 fully saturated rings. The van der Waals surface area contributed by atoms with Crippen molar-refractivity contribution >= 4 is 6.09 Å². The van der Waals surface area contributed by atoms with E-state index in [2.05, 4.69) is 10.6 Å². The molecule has 0 aromatic rings. The Bertz CT molecular complexity index is 293. The molecule has 0 aromatic heterocycles. The predicted octanol–water partition coefficient (Wildman–Crippen LogP) is 2.43. The molecule has 0 unspecified atom stereocenters. The Morgan fingerprint density at radius 3 is 2.44 bits per heavy atom. The second-order valence-corrected chi connectivity index (χ2v) is 6.85. The lowest BCUT2D eigenvalue weighted by Crippen LogP contribution is -2.43. The molecule has 0 atom stereocenters. The van der Waals surface area contributed by atoms with Crippen molar-refractivity contribution in [3.8, 4) is 0 Å². The molecule has 1 saturated carbocycles. The molecule has 104 valence electrons. The standard InChI is InChI=1S/C14H26N2O2/c1-13(2,3)18-12(17)16-11-4-6-14(7-5-11)8-9-15-10-14/h11,15H,4-10H2,1-3H3,(H,16,17). The number of ether oxygens (including phenoxy) is 1. The van der Waals surface area contributed by atoms with Gasteiger partial charge in [0.05, 0.1) is 0 Å². The zero-order chi connectivity index (χ0) is 13.2. The van der Waals surface area contributed by atoms with E-state index in [1.54, 1.807) is 0 Å². The topological polar surface area (TPSA) is 50.4 Å². The molecule has 0 bridgehead atoms. The summed E-state index contributed by atoms with van der Waals surface area (Å²) >= 11 is 0. The zero-order valence-corrected chi connectivity index (χ0v) is 11.8. The number of hydrogen-bond donors (Lipinski definition) is 2. The van der Waals surface area contributed by atoms with Crippen molar-refractivity contribution < 1.29 is 9.53 Å². The molecule has 0 aromatic carbocycles. The average Bonchev–Trinajstić information content (AvgIpc) is 2.68. The second kappa shape index (κ2) is 5.08. The van der Waals surface area contributed by atoms with Gasteiger partial charge in [-0.2, -0.15) is 0 Å². The van der Waals surface area contributed by atoms with Gasteiger partial charge in [-0.15, -0.1) is 0 Å². The smallest absolute Gasteiger partial charge is 0.407 e. The van der Waals surface area contributed by atoms with E-state index >= 15 is 0 Å². The van der Waals surface area contributed by atoms with Crippen LogP contribution in [0.2, 0.25) is 0 Å². The summed E-state index contributed by atoms with van der Waals surface area (Å²) < 4.78 is 5.30. The van der Waals surface area contributed by atoms with Gasteiger partial charge in [0.2, 0.25) is 0 Å². The van der Waals surface area contributed by atoms with Crippen LogP contribution < -0.4 is 10.6 Å². The number of carbonyl (C=O) groups is 1. The number of alkyl carbamates (subject to hydrolysis) is 1. The molecule has 0 radical (unpaired) electrons. The van der Waals surface area contributed by atoms with Gasteiger partial charge < -0.3 is 15.4 Å². The lowest BCUT2D eigenvalue weighted by atomic mass is 9.72. The van der Waals surface area contributed by atoms with Crippen molar-refractivity contribution in [2.45, 2.75) is 64.5 Å². The molecule has 2 N–H and O–H groups in total. The first-order valence-electron chi connectivity index (χ1n) is 7.09. The maximum Gasteiger partial charge on any atom is 0.407 e. The normalized spacial score (nSPS) is 32.5. The maximum atomic E-state index is 11.7. The molecule has 1 aliphatic heterocycles. The summed E-state index contributed by atoms with van der Waals surface area (Å²) in [6, 6.07) is 0.297. The highest BCUT2D eigenvalue weighted by atomic mass is 16.6. The van der Waals surface area contributed by atoms with Crippen LogP contribution in [0, 0.1) is 5.41 Å². The SMILES string of the molecule is CC(C)(C)OC(=O)NC1CCC2(CCNC2)CC1. The van der Waals surface area contributed by atoms with Crippen LogP contribution in [0.3, 0.4) is 0 Å². The summed E-state index contributed by atoms with van der Waals surface area (Å²) in [5.74, 6) is 0. The van der Waals surface area contributed by atoms with Crippen molar-refractivity contribution in [2.75, 3.05) is 13.1 Å². The third-order valence-electron chi connectivity index (χ3n) is 4.10. The first-order chi connectivity index (χ1) is 8.39. The second-order valence-electron chi connectivity index (χ2n) is 6.85. The highest BCUT2D eigenvalue weighted by Gasteiger charge is 2.38. The van der Waals surface area contributed by atoms with Gasteiger partial charge in [-0.3, -0.25) is 0 Å². The summed E-state index contributed by atoms with van der Waals surface area (Å²) in [6.45, 7) is 8.00. The molecule has 1 saturated heterocycles. The lowest BCUT2D eigenvalue weighted by molar-refractivity contribution is 0.0473. The number of rotatable bonds is 1. The fraction of sp³-hybridized carbons (Fsp3) is 0.929. The molecule has 4 heteroatoms. The van der Waals surface area contributed by atoms with Gasteiger partial charge in [0.1, 0.15) is 5.60 Å². The van der Waals surface area contributed by atoms with Crippen molar-refractivity contribution in [2.24, 2.45) is 5.41 Å². The zero-order valence-electron chi connectivity index (χ0n) is 11.8. The monoisotopic (exact) mass is 254 g/mol. The lowest BCUT2D eigenvalue weighted by Gasteiger charge is -2.37. The summed E-state index contributed by atoms with van der Waals surface area (Å²) in [4.78, 5) is 11.7. The fourth-order valence-electron chi connectivity index (χ4n) is 3.07. The highest BCUT2D eigenvalue weighted by molar-refractivity contribution is 5.68. The molecule has 1 heterocycles. The largest absolute Gasteiger partial charge is 0.444 e. The van der Waals surface area contributed by atoms with Gasteiger partial charge in [-0.05, 0) is 64.8 Å². The minimum absolute atomic E-state index is 0.270. The number of carbonyl (C=O) groups excluding carboxylic acids is 1. The van der Waals surface area contributed by atoms with Gasteiger partial charge in [-0.1, -0.05) is 0 Å². The fourth-order valence-corrected chi connectivity index (χ4v) is 3.07. The Hall–Kier alpha value is -0.770. The molecular formula is C14H26N2O2. The van der Waals surface area contributed by atoms with E-state index in [9.17, 15) is 4.79 Å². The highest BCUT2D eigenvalue weighted by Crippen LogP contribution is 2.40. The molecule has 1 spiro atoms. The van der Waals surface area contributed by atoms with E-state index in [4.69, 9.17) is 4.74 Å². The van der Waals surface area contributed by atoms with Gasteiger partial charge in [0.25, 0.3) is 0 Å². The average molecular weight is 254 g/mol. The molecule has 18 heavy (non-hydrogen) atoms. The Kier molecular flexibility index (Phi) is 3.85. The molecule has 2 rings (SSSR count). The molecule has 4 nitrogen and oxygen atoms in total. The molecule has 2 aliphatic rings. The Morgan fingerprint density at radius 2 is 1.94 bits per heavy atom. The van der Waals surface area contributed by atoms with Crippen LogP contribution in [0.25, 0.3) is 0 Å². The first-order valence-corrected chi connectivity index (χ1v) is 7.09. The van der Waals surface area contributed by atoms with Crippen LogP contribution >= 0.6 is 0 Å².